The summed E-state index contributed by atoms with van der Waals surface area (Å²) in [5, 5.41) is 10.8. The third kappa shape index (κ3) is 4.78. The van der Waals surface area contributed by atoms with Crippen LogP contribution in [-0.4, -0.2) is 34.0 Å². The number of carbonyl (C=O) groups is 1. The first kappa shape index (κ1) is 18.8. The van der Waals surface area contributed by atoms with E-state index in [1.807, 2.05) is 24.3 Å². The lowest BCUT2D eigenvalue weighted by atomic mass is 10.2. The van der Waals surface area contributed by atoms with Gasteiger partial charge in [-0.2, -0.15) is 0 Å². The third-order valence-electron chi connectivity index (χ3n) is 3.36. The van der Waals surface area contributed by atoms with Crippen LogP contribution in [0.25, 0.3) is 11.4 Å². The molecule has 0 aliphatic rings. The van der Waals surface area contributed by atoms with Crippen LogP contribution in [0.1, 0.15) is 0 Å². The van der Waals surface area contributed by atoms with E-state index in [1.165, 1.54) is 11.8 Å². The van der Waals surface area contributed by atoms with Crippen molar-refractivity contribution in [2.75, 3.05) is 18.2 Å². The number of aromatic amines is 1. The minimum absolute atomic E-state index is 0.163. The van der Waals surface area contributed by atoms with Gasteiger partial charge in [0.1, 0.15) is 5.75 Å². The molecule has 1 amide bonds. The number of anilines is 1. The zero-order valence-electron chi connectivity index (χ0n) is 13.6. The zero-order chi connectivity index (χ0) is 18.5. The number of rotatable bonds is 6. The lowest BCUT2D eigenvalue weighted by Gasteiger charge is -2.05. The van der Waals surface area contributed by atoms with Crippen LogP contribution in [0.3, 0.4) is 0 Å². The molecular formula is C17H14BrClN4O2S. The van der Waals surface area contributed by atoms with Crippen LogP contribution >= 0.6 is 39.3 Å². The highest BCUT2D eigenvalue weighted by Gasteiger charge is 2.10. The summed E-state index contributed by atoms with van der Waals surface area (Å²) in [6.45, 7) is 0. The van der Waals surface area contributed by atoms with Crippen molar-refractivity contribution in [3.05, 3.63) is 52.0 Å². The van der Waals surface area contributed by atoms with Gasteiger partial charge in [-0.3, -0.25) is 9.89 Å². The normalized spacial score (nSPS) is 10.6. The Kier molecular flexibility index (Phi) is 6.18. The van der Waals surface area contributed by atoms with Crippen molar-refractivity contribution >= 4 is 50.9 Å². The van der Waals surface area contributed by atoms with Gasteiger partial charge in [-0.1, -0.05) is 23.4 Å². The Morgan fingerprint density at radius 3 is 2.77 bits per heavy atom. The molecule has 0 unspecified atom stereocenters. The molecule has 134 valence electrons. The van der Waals surface area contributed by atoms with E-state index in [9.17, 15) is 4.79 Å². The number of hydrogen-bond acceptors (Lipinski definition) is 5. The van der Waals surface area contributed by atoms with E-state index in [0.29, 0.717) is 21.7 Å². The Morgan fingerprint density at radius 2 is 2.08 bits per heavy atom. The molecule has 26 heavy (non-hydrogen) atoms. The molecule has 2 aromatic carbocycles. The summed E-state index contributed by atoms with van der Waals surface area (Å²) >= 11 is 10.6. The fraction of sp³-hybridized carbons (Fsp3) is 0.118. The summed E-state index contributed by atoms with van der Waals surface area (Å²) in [6.07, 6.45) is 0. The standard InChI is InChI=1S/C17H14BrClN4O2S/c1-25-12-5-2-10(3-6-12)16-21-17(23-22-16)26-9-15(24)20-11-4-7-13(18)14(19)8-11/h2-8H,9H2,1H3,(H,20,24)(H,21,22,23). The number of benzene rings is 2. The number of aromatic nitrogens is 3. The summed E-state index contributed by atoms with van der Waals surface area (Å²) in [6, 6.07) is 12.7. The van der Waals surface area contributed by atoms with Gasteiger partial charge >= 0.3 is 0 Å². The highest BCUT2D eigenvalue weighted by Crippen LogP contribution is 2.26. The number of ether oxygens (including phenoxy) is 1. The third-order valence-corrected chi connectivity index (χ3v) is 5.44. The number of hydrogen-bond donors (Lipinski definition) is 2. The molecule has 0 atom stereocenters. The molecule has 1 aromatic heterocycles. The van der Waals surface area contributed by atoms with Crippen LogP contribution < -0.4 is 10.1 Å². The van der Waals surface area contributed by atoms with Crippen molar-refractivity contribution in [3.63, 3.8) is 0 Å². The van der Waals surface area contributed by atoms with E-state index in [4.69, 9.17) is 16.3 Å². The minimum atomic E-state index is -0.163. The van der Waals surface area contributed by atoms with Crippen LogP contribution in [0.15, 0.2) is 52.1 Å². The Bertz CT molecular complexity index is 917. The summed E-state index contributed by atoms with van der Waals surface area (Å²) in [5.74, 6) is 1.43. The van der Waals surface area contributed by atoms with Gasteiger partial charge in [0.15, 0.2) is 5.82 Å². The number of nitrogens with zero attached hydrogens (tertiary/aromatic N) is 2. The Balaban J connectivity index is 1.56. The van der Waals surface area contributed by atoms with Crippen LogP contribution in [0, 0.1) is 0 Å². The lowest BCUT2D eigenvalue weighted by Crippen LogP contribution is -2.14. The average Bonchev–Trinajstić information content (AvgIpc) is 3.12. The van der Waals surface area contributed by atoms with Crippen molar-refractivity contribution in [3.8, 4) is 17.1 Å². The molecule has 1 heterocycles. The molecule has 0 saturated carbocycles. The second-order valence-electron chi connectivity index (χ2n) is 5.16. The van der Waals surface area contributed by atoms with Crippen LogP contribution in [0.5, 0.6) is 5.75 Å². The van der Waals surface area contributed by atoms with Gasteiger partial charge in [-0.25, -0.2) is 4.98 Å². The number of H-pyrrole nitrogens is 1. The monoisotopic (exact) mass is 452 g/mol. The lowest BCUT2D eigenvalue weighted by molar-refractivity contribution is -0.113. The number of carbonyl (C=O) groups excluding carboxylic acids is 1. The maximum atomic E-state index is 12.1. The number of thioether (sulfide) groups is 1. The van der Waals surface area contributed by atoms with Crippen molar-refractivity contribution in [2.24, 2.45) is 0 Å². The molecular weight excluding hydrogens is 440 g/mol. The summed E-state index contributed by atoms with van der Waals surface area (Å²) < 4.78 is 5.91. The first-order chi connectivity index (χ1) is 12.5. The average molecular weight is 454 g/mol. The summed E-state index contributed by atoms with van der Waals surface area (Å²) in [5.41, 5.74) is 1.52. The second-order valence-corrected chi connectivity index (χ2v) is 7.36. The predicted octanol–water partition coefficient (Wildman–Crippen LogP) is 4.63. The number of nitrogens with one attached hydrogen (secondary N) is 2. The van der Waals surface area contributed by atoms with Gasteiger partial charge in [0.05, 0.1) is 17.9 Å². The fourth-order valence-corrected chi connectivity index (χ4v) is 3.12. The Labute approximate surface area is 167 Å². The summed E-state index contributed by atoms with van der Waals surface area (Å²) in [7, 11) is 1.62. The molecule has 0 spiro atoms. The van der Waals surface area contributed by atoms with Gasteiger partial charge < -0.3 is 10.1 Å². The van der Waals surface area contributed by atoms with Crippen molar-refractivity contribution in [1.29, 1.82) is 0 Å². The Morgan fingerprint density at radius 1 is 1.31 bits per heavy atom. The molecule has 9 heteroatoms. The van der Waals surface area contributed by atoms with Gasteiger partial charge in [0.25, 0.3) is 0 Å². The van der Waals surface area contributed by atoms with E-state index >= 15 is 0 Å². The van der Waals surface area contributed by atoms with Crippen LogP contribution in [0.2, 0.25) is 5.02 Å². The molecule has 0 bridgehead atoms. The van der Waals surface area contributed by atoms with Crippen LogP contribution in [0.4, 0.5) is 5.69 Å². The van der Waals surface area contributed by atoms with Gasteiger partial charge in [0.2, 0.25) is 11.1 Å². The highest BCUT2D eigenvalue weighted by atomic mass is 79.9. The van der Waals surface area contributed by atoms with E-state index < -0.39 is 0 Å². The SMILES string of the molecule is COc1ccc(-c2nc(SCC(=O)Nc3ccc(Br)c(Cl)c3)n[nH]2)cc1. The van der Waals surface area contributed by atoms with Gasteiger partial charge in [-0.15, -0.1) is 5.10 Å². The minimum Gasteiger partial charge on any atom is -0.497 e. The topological polar surface area (TPSA) is 79.9 Å². The fourth-order valence-electron chi connectivity index (χ4n) is 2.09. The van der Waals surface area contributed by atoms with Crippen molar-refractivity contribution < 1.29 is 9.53 Å². The molecule has 3 rings (SSSR count). The molecule has 0 aliphatic carbocycles. The van der Waals surface area contributed by atoms with Crippen molar-refractivity contribution in [2.45, 2.75) is 5.16 Å². The number of methoxy groups -OCH3 is 1. The smallest absolute Gasteiger partial charge is 0.234 e. The Hall–Kier alpha value is -2.03. The maximum Gasteiger partial charge on any atom is 0.234 e. The molecule has 0 radical (unpaired) electrons. The quantitative estimate of drug-likeness (QED) is 0.532. The highest BCUT2D eigenvalue weighted by molar-refractivity contribution is 9.10. The molecule has 0 fully saturated rings. The zero-order valence-corrected chi connectivity index (χ0v) is 16.8. The largest absolute Gasteiger partial charge is 0.497 e. The number of amides is 1. The number of halogens is 2. The first-order valence-corrected chi connectivity index (χ1v) is 9.65. The molecule has 3 aromatic rings. The summed E-state index contributed by atoms with van der Waals surface area (Å²) in [4.78, 5) is 16.5. The van der Waals surface area contributed by atoms with Gasteiger partial charge in [0, 0.05) is 15.7 Å². The molecule has 0 aliphatic heterocycles. The maximum absolute atomic E-state index is 12.1. The van der Waals surface area contributed by atoms with Crippen molar-refractivity contribution in [1.82, 2.24) is 15.2 Å². The van der Waals surface area contributed by atoms with E-state index in [2.05, 4.69) is 36.4 Å². The molecule has 6 nitrogen and oxygen atoms in total. The molecule has 0 saturated heterocycles. The second kappa shape index (κ2) is 8.57. The molecule has 2 N–H and O–H groups in total. The first-order valence-electron chi connectivity index (χ1n) is 7.49. The van der Waals surface area contributed by atoms with Gasteiger partial charge in [-0.05, 0) is 58.4 Å². The van der Waals surface area contributed by atoms with E-state index in [-0.39, 0.29) is 11.7 Å². The van der Waals surface area contributed by atoms with E-state index in [0.717, 1.165) is 15.8 Å². The van der Waals surface area contributed by atoms with Crippen LogP contribution in [-0.2, 0) is 4.79 Å². The predicted molar refractivity (Wildman–Crippen MR) is 107 cm³/mol. The van der Waals surface area contributed by atoms with E-state index in [1.54, 1.807) is 25.3 Å².